The largest absolute Gasteiger partial charge is 0.326 e. The Balaban J connectivity index is 1.53. The Bertz CT molecular complexity index is 1220. The van der Waals surface area contributed by atoms with E-state index in [0.717, 1.165) is 23.4 Å². The van der Waals surface area contributed by atoms with Gasteiger partial charge in [0.15, 0.2) is 0 Å². The Labute approximate surface area is 178 Å². The molecule has 0 spiro atoms. The molecule has 0 radical (unpaired) electrons. The second kappa shape index (κ2) is 8.51. The minimum atomic E-state index is -0.252. The molecule has 0 unspecified atom stereocenters. The summed E-state index contributed by atoms with van der Waals surface area (Å²) in [6.07, 6.45) is 0.944. The summed E-state index contributed by atoms with van der Waals surface area (Å²) in [5.74, 6) is -0.227. The Kier molecular flexibility index (Phi) is 5.63. The third-order valence-electron chi connectivity index (χ3n) is 4.93. The van der Waals surface area contributed by atoms with Gasteiger partial charge in [0.05, 0.1) is 12.1 Å². The van der Waals surface area contributed by atoms with Crippen LogP contribution in [0.25, 0.3) is 16.4 Å². The number of thiazole rings is 1. The lowest BCUT2D eigenvalue weighted by Gasteiger charge is -2.05. The summed E-state index contributed by atoms with van der Waals surface area (Å²) < 4.78 is 1.41. The molecule has 2 aromatic carbocycles. The van der Waals surface area contributed by atoms with Crippen molar-refractivity contribution in [3.63, 3.8) is 0 Å². The highest BCUT2D eigenvalue weighted by Gasteiger charge is 2.18. The Hall–Kier alpha value is -3.45. The molecular weight excluding hydrogens is 396 g/mol. The van der Waals surface area contributed by atoms with E-state index in [1.165, 1.54) is 21.6 Å². The maximum absolute atomic E-state index is 12.9. The van der Waals surface area contributed by atoms with Crippen LogP contribution in [0.5, 0.6) is 0 Å². The summed E-state index contributed by atoms with van der Waals surface area (Å²) in [6.45, 7) is 3.88. The fourth-order valence-electron chi connectivity index (χ4n) is 3.22. The SMILES string of the molecule is CCc1ccc(NC(=O)Cc2c(C)[nH]n(-c3nc(-c4ccccc4)cs3)c2=O)cc1. The van der Waals surface area contributed by atoms with Gasteiger partial charge in [0, 0.05) is 27.9 Å². The van der Waals surface area contributed by atoms with Gasteiger partial charge in [-0.1, -0.05) is 49.4 Å². The molecule has 30 heavy (non-hydrogen) atoms. The zero-order valence-electron chi connectivity index (χ0n) is 16.8. The number of aromatic amines is 1. The van der Waals surface area contributed by atoms with Gasteiger partial charge in [0.2, 0.25) is 11.0 Å². The van der Waals surface area contributed by atoms with Gasteiger partial charge in [-0.2, -0.15) is 4.68 Å². The molecule has 0 saturated carbocycles. The first-order valence-corrected chi connectivity index (χ1v) is 10.6. The van der Waals surface area contributed by atoms with E-state index in [2.05, 4.69) is 22.3 Å². The van der Waals surface area contributed by atoms with E-state index in [1.54, 1.807) is 6.92 Å². The number of benzene rings is 2. The molecule has 0 fully saturated rings. The van der Waals surface area contributed by atoms with Crippen molar-refractivity contribution >= 4 is 22.9 Å². The van der Waals surface area contributed by atoms with Crippen LogP contribution in [0.15, 0.2) is 64.8 Å². The third-order valence-corrected chi connectivity index (χ3v) is 5.76. The summed E-state index contributed by atoms with van der Waals surface area (Å²) in [6, 6.07) is 17.5. The van der Waals surface area contributed by atoms with Crippen LogP contribution in [-0.4, -0.2) is 20.7 Å². The maximum Gasteiger partial charge on any atom is 0.277 e. The number of amides is 1. The lowest BCUT2D eigenvalue weighted by atomic mass is 10.1. The van der Waals surface area contributed by atoms with Crippen LogP contribution in [-0.2, 0) is 17.6 Å². The molecule has 152 valence electrons. The lowest BCUT2D eigenvalue weighted by molar-refractivity contribution is -0.115. The number of H-pyrrole nitrogens is 1. The fraction of sp³-hybridized carbons (Fsp3) is 0.174. The summed E-state index contributed by atoms with van der Waals surface area (Å²) >= 11 is 1.38. The molecular formula is C23H22N4O2S. The van der Waals surface area contributed by atoms with E-state index in [0.29, 0.717) is 16.4 Å². The first-order chi connectivity index (χ1) is 14.5. The van der Waals surface area contributed by atoms with E-state index in [9.17, 15) is 9.59 Å². The van der Waals surface area contributed by atoms with Crippen LogP contribution in [0.1, 0.15) is 23.7 Å². The molecule has 2 N–H and O–H groups in total. The number of nitrogens with zero attached hydrogens (tertiary/aromatic N) is 2. The highest BCUT2D eigenvalue weighted by atomic mass is 32.1. The normalized spacial score (nSPS) is 10.9. The van der Waals surface area contributed by atoms with Crippen molar-refractivity contribution in [2.24, 2.45) is 0 Å². The van der Waals surface area contributed by atoms with E-state index in [4.69, 9.17) is 0 Å². The number of aryl methyl sites for hydroxylation is 2. The number of hydrogen-bond acceptors (Lipinski definition) is 4. The average Bonchev–Trinajstić information content (AvgIpc) is 3.35. The quantitative estimate of drug-likeness (QED) is 0.489. The fourth-order valence-corrected chi connectivity index (χ4v) is 4.01. The summed E-state index contributed by atoms with van der Waals surface area (Å²) in [5, 5.41) is 8.37. The number of rotatable bonds is 6. The van der Waals surface area contributed by atoms with Crippen LogP contribution < -0.4 is 10.9 Å². The highest BCUT2D eigenvalue weighted by molar-refractivity contribution is 7.12. The molecule has 4 rings (SSSR count). The topological polar surface area (TPSA) is 79.8 Å². The van der Waals surface area contributed by atoms with E-state index >= 15 is 0 Å². The molecule has 0 aliphatic rings. The van der Waals surface area contributed by atoms with Gasteiger partial charge in [-0.05, 0) is 31.0 Å². The second-order valence-electron chi connectivity index (χ2n) is 7.01. The molecule has 0 aliphatic carbocycles. The standard InChI is InChI=1S/C23H22N4O2S/c1-3-16-9-11-18(12-10-16)24-21(28)13-19-15(2)26-27(22(19)29)23-25-20(14-30-23)17-7-5-4-6-8-17/h4-12,14,26H,3,13H2,1-2H3,(H,24,28). The van der Waals surface area contributed by atoms with Crippen molar-refractivity contribution in [1.82, 2.24) is 14.8 Å². The summed E-state index contributed by atoms with van der Waals surface area (Å²) in [4.78, 5) is 30.0. The van der Waals surface area contributed by atoms with Crippen LogP contribution in [0.3, 0.4) is 0 Å². The first-order valence-electron chi connectivity index (χ1n) is 9.75. The zero-order valence-corrected chi connectivity index (χ0v) is 17.6. The predicted octanol–water partition coefficient (Wildman–Crippen LogP) is 4.34. The molecule has 7 heteroatoms. The van der Waals surface area contributed by atoms with Crippen LogP contribution >= 0.6 is 11.3 Å². The number of carbonyl (C=O) groups excluding carboxylic acids is 1. The minimum Gasteiger partial charge on any atom is -0.326 e. The molecule has 0 atom stereocenters. The van der Waals surface area contributed by atoms with Gasteiger partial charge in [-0.3, -0.25) is 14.7 Å². The monoisotopic (exact) mass is 418 g/mol. The molecule has 6 nitrogen and oxygen atoms in total. The Morgan fingerprint density at radius 1 is 1.13 bits per heavy atom. The minimum absolute atomic E-state index is 0.000609. The maximum atomic E-state index is 12.9. The van der Waals surface area contributed by atoms with Gasteiger partial charge in [-0.15, -0.1) is 11.3 Å². The van der Waals surface area contributed by atoms with Crippen molar-refractivity contribution in [2.75, 3.05) is 5.32 Å². The van der Waals surface area contributed by atoms with E-state index < -0.39 is 0 Å². The van der Waals surface area contributed by atoms with E-state index in [-0.39, 0.29) is 17.9 Å². The van der Waals surface area contributed by atoms with Crippen molar-refractivity contribution in [1.29, 1.82) is 0 Å². The van der Waals surface area contributed by atoms with Crippen LogP contribution in [0.4, 0.5) is 5.69 Å². The lowest BCUT2D eigenvalue weighted by Crippen LogP contribution is -2.22. The third kappa shape index (κ3) is 4.11. The Morgan fingerprint density at radius 3 is 2.57 bits per heavy atom. The van der Waals surface area contributed by atoms with Crippen LogP contribution in [0, 0.1) is 6.92 Å². The van der Waals surface area contributed by atoms with Gasteiger partial charge in [0.25, 0.3) is 5.56 Å². The molecule has 2 aromatic heterocycles. The van der Waals surface area contributed by atoms with Gasteiger partial charge in [0.1, 0.15) is 0 Å². The van der Waals surface area contributed by atoms with Crippen molar-refractivity contribution in [3.05, 3.63) is 87.2 Å². The molecule has 0 aliphatic heterocycles. The number of aromatic nitrogens is 3. The van der Waals surface area contributed by atoms with E-state index in [1.807, 2.05) is 60.0 Å². The first kappa shape index (κ1) is 19.8. The number of hydrogen-bond donors (Lipinski definition) is 2. The van der Waals surface area contributed by atoms with Gasteiger partial charge >= 0.3 is 0 Å². The second-order valence-corrected chi connectivity index (χ2v) is 7.85. The molecule has 0 saturated heterocycles. The molecule has 0 bridgehead atoms. The number of anilines is 1. The molecule has 2 heterocycles. The van der Waals surface area contributed by atoms with Crippen LogP contribution in [0.2, 0.25) is 0 Å². The predicted molar refractivity (Wildman–Crippen MR) is 120 cm³/mol. The average molecular weight is 419 g/mol. The van der Waals surface area contributed by atoms with Gasteiger partial charge in [-0.25, -0.2) is 4.98 Å². The smallest absolute Gasteiger partial charge is 0.277 e. The van der Waals surface area contributed by atoms with Crippen molar-refractivity contribution in [3.8, 4) is 16.4 Å². The summed E-state index contributed by atoms with van der Waals surface area (Å²) in [5.41, 5.74) is 4.57. The van der Waals surface area contributed by atoms with Crippen molar-refractivity contribution < 1.29 is 4.79 Å². The Morgan fingerprint density at radius 2 is 1.87 bits per heavy atom. The highest BCUT2D eigenvalue weighted by Crippen LogP contribution is 2.23. The van der Waals surface area contributed by atoms with Crippen molar-refractivity contribution in [2.45, 2.75) is 26.7 Å². The summed E-state index contributed by atoms with van der Waals surface area (Å²) in [7, 11) is 0. The zero-order chi connectivity index (χ0) is 21.1. The number of nitrogens with one attached hydrogen (secondary N) is 2. The molecule has 1 amide bonds. The number of carbonyl (C=O) groups is 1. The van der Waals surface area contributed by atoms with Gasteiger partial charge < -0.3 is 5.32 Å². The molecule has 4 aromatic rings.